The number of rotatable bonds is 5. The summed E-state index contributed by atoms with van der Waals surface area (Å²) in [6.07, 6.45) is 1.43. The monoisotopic (exact) mass is 367 g/mol. The quantitative estimate of drug-likeness (QED) is 0.649. The van der Waals surface area contributed by atoms with Crippen molar-refractivity contribution in [1.82, 2.24) is 4.98 Å². The van der Waals surface area contributed by atoms with Crippen molar-refractivity contribution in [2.45, 2.75) is 6.92 Å². The largest absolute Gasteiger partial charge is 0.355 e. The molecule has 1 amide bonds. The normalized spacial score (nSPS) is 10.3. The van der Waals surface area contributed by atoms with Crippen LogP contribution in [0, 0.1) is 11.6 Å². The molecule has 3 aromatic rings. The molecule has 27 heavy (non-hydrogen) atoms. The number of benzene rings is 2. The van der Waals surface area contributed by atoms with E-state index in [-0.39, 0.29) is 11.5 Å². The molecule has 0 saturated heterocycles. The number of amides is 1. The smallest absolute Gasteiger partial charge is 0.274 e. The number of carbonyl (C=O) groups excluding carboxylic acids is 2. The van der Waals surface area contributed by atoms with Crippen LogP contribution in [0.15, 0.2) is 60.8 Å². The Morgan fingerprint density at radius 2 is 1.52 bits per heavy atom. The highest BCUT2D eigenvalue weighted by Crippen LogP contribution is 2.20. The SMILES string of the molecule is CC(=O)c1ccc(NC(=O)c2cc(Nc3ccc(F)c(F)c3)ccn2)cc1. The first-order valence-corrected chi connectivity index (χ1v) is 8.03. The van der Waals surface area contributed by atoms with Crippen LogP contribution in [0.4, 0.5) is 25.8 Å². The van der Waals surface area contributed by atoms with Crippen LogP contribution in [0.3, 0.4) is 0 Å². The second-order valence-electron chi connectivity index (χ2n) is 5.77. The van der Waals surface area contributed by atoms with Gasteiger partial charge in [-0.3, -0.25) is 14.6 Å². The first-order chi connectivity index (χ1) is 12.9. The zero-order valence-corrected chi connectivity index (χ0v) is 14.3. The summed E-state index contributed by atoms with van der Waals surface area (Å²) in [6.45, 7) is 1.46. The molecule has 0 atom stereocenters. The van der Waals surface area contributed by atoms with Gasteiger partial charge in [0.05, 0.1) is 0 Å². The van der Waals surface area contributed by atoms with Gasteiger partial charge in [0, 0.05) is 34.9 Å². The Morgan fingerprint density at radius 1 is 0.852 bits per heavy atom. The van der Waals surface area contributed by atoms with Crippen LogP contribution in [-0.2, 0) is 0 Å². The second-order valence-corrected chi connectivity index (χ2v) is 5.77. The maximum atomic E-state index is 13.3. The van der Waals surface area contributed by atoms with Crippen LogP contribution >= 0.6 is 0 Å². The summed E-state index contributed by atoms with van der Waals surface area (Å²) in [5.41, 5.74) is 2.03. The van der Waals surface area contributed by atoms with Gasteiger partial charge in [0.25, 0.3) is 5.91 Å². The van der Waals surface area contributed by atoms with Crippen LogP contribution in [-0.4, -0.2) is 16.7 Å². The van der Waals surface area contributed by atoms with Gasteiger partial charge in [-0.1, -0.05) is 0 Å². The molecule has 0 aliphatic rings. The van der Waals surface area contributed by atoms with E-state index < -0.39 is 17.5 Å². The molecule has 3 rings (SSSR count). The topological polar surface area (TPSA) is 71.1 Å². The van der Waals surface area contributed by atoms with Crippen molar-refractivity contribution in [3.63, 3.8) is 0 Å². The standard InChI is InChI=1S/C20H15F2N3O2/c1-12(26)13-2-4-14(5-3-13)25-20(27)19-11-16(8-9-23-19)24-15-6-7-17(21)18(22)10-15/h2-11H,1H3,(H,23,24)(H,25,27). The Morgan fingerprint density at radius 3 is 2.19 bits per heavy atom. The minimum atomic E-state index is -0.971. The van der Waals surface area contributed by atoms with E-state index in [0.717, 1.165) is 12.1 Å². The van der Waals surface area contributed by atoms with Gasteiger partial charge in [-0.05, 0) is 55.5 Å². The fourth-order valence-electron chi connectivity index (χ4n) is 2.36. The maximum absolute atomic E-state index is 13.3. The average molecular weight is 367 g/mol. The molecule has 0 saturated carbocycles. The molecule has 1 heterocycles. The molecule has 7 heteroatoms. The van der Waals surface area contributed by atoms with Crippen molar-refractivity contribution in [2.24, 2.45) is 0 Å². The molecule has 0 spiro atoms. The number of hydrogen-bond donors (Lipinski definition) is 2. The molecule has 0 aliphatic heterocycles. The molecular weight excluding hydrogens is 352 g/mol. The number of Topliss-reactive ketones (excluding diaryl/α,β-unsaturated/α-hetero) is 1. The van der Waals surface area contributed by atoms with E-state index in [1.165, 1.54) is 25.3 Å². The van der Waals surface area contributed by atoms with Crippen LogP contribution in [0.25, 0.3) is 0 Å². The zero-order valence-electron chi connectivity index (χ0n) is 14.3. The van der Waals surface area contributed by atoms with Crippen molar-refractivity contribution in [1.29, 1.82) is 0 Å². The van der Waals surface area contributed by atoms with E-state index >= 15 is 0 Å². The van der Waals surface area contributed by atoms with Gasteiger partial charge in [-0.25, -0.2) is 8.78 Å². The maximum Gasteiger partial charge on any atom is 0.274 e. The molecule has 2 N–H and O–H groups in total. The van der Waals surface area contributed by atoms with Gasteiger partial charge in [-0.2, -0.15) is 0 Å². The molecule has 136 valence electrons. The number of halogens is 2. The number of aromatic nitrogens is 1. The van der Waals surface area contributed by atoms with Crippen molar-refractivity contribution in [3.05, 3.63) is 83.7 Å². The highest BCUT2D eigenvalue weighted by Gasteiger charge is 2.10. The fourth-order valence-corrected chi connectivity index (χ4v) is 2.36. The number of nitrogens with zero attached hydrogens (tertiary/aromatic N) is 1. The van der Waals surface area contributed by atoms with Crippen LogP contribution in [0.5, 0.6) is 0 Å². The van der Waals surface area contributed by atoms with Crippen LogP contribution in [0.1, 0.15) is 27.8 Å². The third-order valence-corrected chi connectivity index (χ3v) is 3.75. The summed E-state index contributed by atoms with van der Waals surface area (Å²) >= 11 is 0. The van der Waals surface area contributed by atoms with E-state index in [2.05, 4.69) is 15.6 Å². The lowest BCUT2D eigenvalue weighted by Gasteiger charge is -2.09. The minimum Gasteiger partial charge on any atom is -0.355 e. The van der Waals surface area contributed by atoms with Gasteiger partial charge in [0.1, 0.15) is 5.69 Å². The minimum absolute atomic E-state index is 0.0643. The predicted octanol–water partition coefficient (Wildman–Crippen LogP) is 4.56. The number of carbonyl (C=O) groups is 2. The lowest BCUT2D eigenvalue weighted by Crippen LogP contribution is -2.14. The third kappa shape index (κ3) is 4.52. The van der Waals surface area contributed by atoms with Gasteiger partial charge in [0.2, 0.25) is 0 Å². The van der Waals surface area contributed by atoms with E-state index in [0.29, 0.717) is 22.6 Å². The van der Waals surface area contributed by atoms with Crippen molar-refractivity contribution in [2.75, 3.05) is 10.6 Å². The van der Waals surface area contributed by atoms with Crippen molar-refractivity contribution < 1.29 is 18.4 Å². The number of hydrogen-bond acceptors (Lipinski definition) is 4. The fraction of sp³-hybridized carbons (Fsp3) is 0.0500. The Bertz CT molecular complexity index is 1000. The first kappa shape index (κ1) is 18.2. The Kier molecular flexibility index (Phi) is 5.21. The average Bonchev–Trinajstić information content (AvgIpc) is 2.65. The molecule has 0 radical (unpaired) electrons. The summed E-state index contributed by atoms with van der Waals surface area (Å²) in [4.78, 5) is 27.7. The first-order valence-electron chi connectivity index (χ1n) is 8.03. The van der Waals surface area contributed by atoms with Gasteiger partial charge in [-0.15, -0.1) is 0 Å². The molecular formula is C20H15F2N3O2. The molecule has 0 aliphatic carbocycles. The van der Waals surface area contributed by atoms with Gasteiger partial charge in [0.15, 0.2) is 17.4 Å². The number of anilines is 3. The Balaban J connectivity index is 1.73. The summed E-state index contributed by atoms with van der Waals surface area (Å²) in [7, 11) is 0. The Labute approximate surface area is 154 Å². The van der Waals surface area contributed by atoms with E-state index in [4.69, 9.17) is 0 Å². The molecule has 0 fully saturated rings. The molecule has 1 aromatic heterocycles. The molecule has 0 unspecified atom stereocenters. The second kappa shape index (κ2) is 7.74. The molecule has 5 nitrogen and oxygen atoms in total. The van der Waals surface area contributed by atoms with Crippen molar-refractivity contribution >= 4 is 28.8 Å². The highest BCUT2D eigenvalue weighted by atomic mass is 19.2. The molecule has 2 aromatic carbocycles. The van der Waals surface area contributed by atoms with Gasteiger partial charge >= 0.3 is 0 Å². The number of pyridine rings is 1. The highest BCUT2D eigenvalue weighted by molar-refractivity contribution is 6.03. The number of nitrogens with one attached hydrogen (secondary N) is 2. The van der Waals surface area contributed by atoms with Gasteiger partial charge < -0.3 is 10.6 Å². The van der Waals surface area contributed by atoms with E-state index in [1.807, 2.05) is 0 Å². The number of ketones is 1. The lowest BCUT2D eigenvalue weighted by molar-refractivity contribution is 0.101. The Hall–Kier alpha value is -3.61. The summed E-state index contributed by atoms with van der Waals surface area (Å²) < 4.78 is 26.3. The van der Waals surface area contributed by atoms with Crippen LogP contribution in [0.2, 0.25) is 0 Å². The summed E-state index contributed by atoms with van der Waals surface area (Å²) in [6, 6.07) is 13.0. The molecule has 0 bridgehead atoms. The third-order valence-electron chi connectivity index (χ3n) is 3.75. The summed E-state index contributed by atoms with van der Waals surface area (Å²) in [5, 5.41) is 5.57. The zero-order chi connectivity index (χ0) is 19.4. The van der Waals surface area contributed by atoms with Crippen molar-refractivity contribution in [3.8, 4) is 0 Å². The predicted molar refractivity (Wildman–Crippen MR) is 98.3 cm³/mol. The van der Waals surface area contributed by atoms with Crippen LogP contribution < -0.4 is 10.6 Å². The lowest BCUT2D eigenvalue weighted by atomic mass is 10.1. The van der Waals surface area contributed by atoms with E-state index in [9.17, 15) is 18.4 Å². The van der Waals surface area contributed by atoms with E-state index in [1.54, 1.807) is 30.3 Å². The summed E-state index contributed by atoms with van der Waals surface area (Å²) in [5.74, 6) is -2.42.